The summed E-state index contributed by atoms with van der Waals surface area (Å²) in [6.45, 7) is 6.11. The third kappa shape index (κ3) is 4.27. The van der Waals surface area contributed by atoms with Crippen molar-refractivity contribution in [3.05, 3.63) is 39.9 Å². The summed E-state index contributed by atoms with van der Waals surface area (Å²) in [7, 11) is 0. The van der Waals surface area contributed by atoms with E-state index in [1.165, 1.54) is 32.1 Å². The predicted octanol–water partition coefficient (Wildman–Crippen LogP) is 4.29. The SMILES string of the molecule is CC(C)CC1(CNCc2ccccc2[N+](=O)[O-])CCCC1. The van der Waals surface area contributed by atoms with Crippen molar-refractivity contribution < 1.29 is 4.92 Å². The lowest BCUT2D eigenvalue weighted by molar-refractivity contribution is -0.385. The molecule has 0 bridgehead atoms. The standard InChI is InChI=1S/C17H26N2O2/c1-14(2)11-17(9-5-6-10-17)13-18-12-15-7-3-4-8-16(15)19(20)21/h3-4,7-8,14,18H,5-6,9-13H2,1-2H3. The quantitative estimate of drug-likeness (QED) is 0.602. The zero-order chi connectivity index (χ0) is 15.3. The van der Waals surface area contributed by atoms with Crippen LogP contribution in [0.3, 0.4) is 0 Å². The highest BCUT2D eigenvalue weighted by Crippen LogP contribution is 2.42. The topological polar surface area (TPSA) is 55.2 Å². The van der Waals surface area contributed by atoms with Gasteiger partial charge in [-0.3, -0.25) is 10.1 Å². The van der Waals surface area contributed by atoms with Gasteiger partial charge in [0.05, 0.1) is 4.92 Å². The summed E-state index contributed by atoms with van der Waals surface area (Å²) in [6.07, 6.45) is 6.46. The maximum absolute atomic E-state index is 11.0. The molecule has 116 valence electrons. The molecule has 0 aromatic heterocycles. The number of hydrogen-bond acceptors (Lipinski definition) is 3. The molecule has 1 aromatic rings. The van der Waals surface area contributed by atoms with E-state index in [2.05, 4.69) is 19.2 Å². The van der Waals surface area contributed by atoms with Gasteiger partial charge < -0.3 is 5.32 Å². The summed E-state index contributed by atoms with van der Waals surface area (Å²) >= 11 is 0. The number of benzene rings is 1. The summed E-state index contributed by atoms with van der Waals surface area (Å²) < 4.78 is 0. The summed E-state index contributed by atoms with van der Waals surface area (Å²) in [4.78, 5) is 10.7. The van der Waals surface area contributed by atoms with Gasteiger partial charge in [-0.25, -0.2) is 0 Å². The van der Waals surface area contributed by atoms with Crippen molar-refractivity contribution in [3.8, 4) is 0 Å². The van der Waals surface area contributed by atoms with Crippen LogP contribution in [-0.4, -0.2) is 11.5 Å². The Bertz CT molecular complexity index is 479. The van der Waals surface area contributed by atoms with E-state index in [-0.39, 0.29) is 10.6 Å². The first-order valence-corrected chi connectivity index (χ1v) is 7.95. The Morgan fingerprint density at radius 3 is 2.57 bits per heavy atom. The fourth-order valence-corrected chi connectivity index (χ4v) is 3.74. The molecule has 0 spiro atoms. The van der Waals surface area contributed by atoms with Gasteiger partial charge in [0, 0.05) is 24.7 Å². The summed E-state index contributed by atoms with van der Waals surface area (Å²) in [6, 6.07) is 7.01. The largest absolute Gasteiger partial charge is 0.312 e. The lowest BCUT2D eigenvalue weighted by Crippen LogP contribution is -2.33. The highest BCUT2D eigenvalue weighted by molar-refractivity contribution is 5.39. The maximum atomic E-state index is 11.0. The fraction of sp³-hybridized carbons (Fsp3) is 0.647. The monoisotopic (exact) mass is 290 g/mol. The maximum Gasteiger partial charge on any atom is 0.273 e. The lowest BCUT2D eigenvalue weighted by atomic mass is 9.78. The number of nitro groups is 1. The second-order valence-corrected chi connectivity index (χ2v) is 6.79. The van der Waals surface area contributed by atoms with Gasteiger partial charge in [-0.2, -0.15) is 0 Å². The molecule has 0 heterocycles. The molecule has 0 atom stereocenters. The number of nitro benzene ring substituents is 1. The van der Waals surface area contributed by atoms with Gasteiger partial charge in [0.25, 0.3) is 5.69 Å². The summed E-state index contributed by atoms with van der Waals surface area (Å²) in [5, 5.41) is 14.5. The minimum Gasteiger partial charge on any atom is -0.312 e. The third-order valence-corrected chi connectivity index (χ3v) is 4.51. The molecule has 1 N–H and O–H groups in total. The Balaban J connectivity index is 1.95. The van der Waals surface area contributed by atoms with E-state index in [1.807, 2.05) is 12.1 Å². The average Bonchev–Trinajstić information content (AvgIpc) is 2.87. The van der Waals surface area contributed by atoms with E-state index in [0.29, 0.717) is 17.9 Å². The van der Waals surface area contributed by atoms with Gasteiger partial charge in [-0.05, 0) is 30.6 Å². The van der Waals surface area contributed by atoms with Crippen molar-refractivity contribution in [2.75, 3.05) is 6.54 Å². The molecule has 4 heteroatoms. The zero-order valence-corrected chi connectivity index (χ0v) is 13.1. The Hall–Kier alpha value is -1.42. The first kappa shape index (κ1) is 16.0. The normalized spacial score (nSPS) is 17.3. The average molecular weight is 290 g/mol. The van der Waals surface area contributed by atoms with E-state index in [9.17, 15) is 10.1 Å². The predicted molar refractivity (Wildman–Crippen MR) is 85.2 cm³/mol. The van der Waals surface area contributed by atoms with Crippen molar-refractivity contribution in [3.63, 3.8) is 0 Å². The summed E-state index contributed by atoms with van der Waals surface area (Å²) in [5.41, 5.74) is 1.40. The molecule has 0 unspecified atom stereocenters. The second kappa shape index (κ2) is 7.03. The molecule has 1 aromatic carbocycles. The molecule has 0 saturated heterocycles. The molecule has 1 fully saturated rings. The highest BCUT2D eigenvalue weighted by Gasteiger charge is 2.33. The molecular weight excluding hydrogens is 264 g/mol. The van der Waals surface area contributed by atoms with E-state index >= 15 is 0 Å². The second-order valence-electron chi connectivity index (χ2n) is 6.79. The highest BCUT2D eigenvalue weighted by atomic mass is 16.6. The van der Waals surface area contributed by atoms with E-state index in [0.717, 1.165) is 12.1 Å². The van der Waals surface area contributed by atoms with Gasteiger partial charge in [0.1, 0.15) is 0 Å². The molecule has 0 aliphatic heterocycles. The first-order valence-electron chi connectivity index (χ1n) is 7.95. The van der Waals surface area contributed by atoms with Crippen LogP contribution in [0.15, 0.2) is 24.3 Å². The lowest BCUT2D eigenvalue weighted by Gasteiger charge is -2.31. The number of rotatable bonds is 7. The van der Waals surface area contributed by atoms with Crippen LogP contribution in [0.5, 0.6) is 0 Å². The number of nitrogens with zero attached hydrogens (tertiary/aromatic N) is 1. The van der Waals surface area contributed by atoms with Gasteiger partial charge >= 0.3 is 0 Å². The smallest absolute Gasteiger partial charge is 0.273 e. The molecule has 0 radical (unpaired) electrons. The van der Waals surface area contributed by atoms with Crippen molar-refractivity contribution in [1.29, 1.82) is 0 Å². The number of nitrogens with one attached hydrogen (secondary N) is 1. The zero-order valence-electron chi connectivity index (χ0n) is 13.1. The van der Waals surface area contributed by atoms with Gasteiger partial charge in [0.15, 0.2) is 0 Å². The fourth-order valence-electron chi connectivity index (χ4n) is 3.74. The van der Waals surface area contributed by atoms with Crippen LogP contribution in [0, 0.1) is 21.4 Å². The number of para-hydroxylation sites is 1. The molecule has 1 aliphatic rings. The van der Waals surface area contributed by atoms with Crippen LogP contribution < -0.4 is 5.32 Å². The molecule has 2 rings (SSSR count). The Morgan fingerprint density at radius 2 is 1.95 bits per heavy atom. The minimum absolute atomic E-state index is 0.217. The molecule has 0 amide bonds. The van der Waals surface area contributed by atoms with Crippen LogP contribution in [-0.2, 0) is 6.54 Å². The van der Waals surface area contributed by atoms with Crippen LogP contribution in [0.25, 0.3) is 0 Å². The van der Waals surface area contributed by atoms with E-state index in [1.54, 1.807) is 12.1 Å². The number of hydrogen-bond donors (Lipinski definition) is 1. The Morgan fingerprint density at radius 1 is 1.29 bits per heavy atom. The van der Waals surface area contributed by atoms with E-state index < -0.39 is 0 Å². The van der Waals surface area contributed by atoms with E-state index in [4.69, 9.17) is 0 Å². The molecule has 4 nitrogen and oxygen atoms in total. The van der Waals surface area contributed by atoms with Crippen LogP contribution >= 0.6 is 0 Å². The van der Waals surface area contributed by atoms with Crippen molar-refractivity contribution in [2.24, 2.45) is 11.3 Å². The molecular formula is C17H26N2O2. The Labute approximate surface area is 127 Å². The van der Waals surface area contributed by atoms with Gasteiger partial charge in [0.2, 0.25) is 0 Å². The molecule has 21 heavy (non-hydrogen) atoms. The van der Waals surface area contributed by atoms with Crippen LogP contribution in [0.4, 0.5) is 5.69 Å². The van der Waals surface area contributed by atoms with Crippen molar-refractivity contribution in [2.45, 2.75) is 52.5 Å². The minimum atomic E-state index is -0.295. The molecule has 1 aliphatic carbocycles. The van der Waals surface area contributed by atoms with Gasteiger partial charge in [-0.15, -0.1) is 0 Å². The van der Waals surface area contributed by atoms with Crippen LogP contribution in [0.2, 0.25) is 0 Å². The molecule has 1 saturated carbocycles. The van der Waals surface area contributed by atoms with Crippen LogP contribution in [0.1, 0.15) is 51.5 Å². The van der Waals surface area contributed by atoms with Crippen molar-refractivity contribution in [1.82, 2.24) is 5.32 Å². The van der Waals surface area contributed by atoms with Gasteiger partial charge in [-0.1, -0.05) is 44.9 Å². The Kier molecular flexibility index (Phi) is 5.34. The summed E-state index contributed by atoms with van der Waals surface area (Å²) in [5.74, 6) is 0.705. The van der Waals surface area contributed by atoms with Crippen molar-refractivity contribution >= 4 is 5.69 Å². The third-order valence-electron chi connectivity index (χ3n) is 4.51. The first-order chi connectivity index (χ1) is 10.0.